The molecular formula is C37H51ClO2P+. The second-order valence-corrected chi connectivity index (χ2v) is 15.1. The van der Waals surface area contributed by atoms with Gasteiger partial charge in [0.2, 0.25) is 6.62 Å². The van der Waals surface area contributed by atoms with Gasteiger partial charge in [-0.3, -0.25) is 0 Å². The van der Waals surface area contributed by atoms with Gasteiger partial charge in [-0.25, -0.2) is 0 Å². The van der Waals surface area contributed by atoms with Crippen molar-refractivity contribution in [3.05, 3.63) is 103 Å². The molecule has 41 heavy (non-hydrogen) atoms. The summed E-state index contributed by atoms with van der Waals surface area (Å²) in [7, 11) is 0. The Labute approximate surface area is 255 Å². The summed E-state index contributed by atoms with van der Waals surface area (Å²) in [6.45, 7) is 3.86. The van der Waals surface area contributed by atoms with Crippen LogP contribution in [-0.2, 0) is 15.9 Å². The lowest BCUT2D eigenvalue weighted by Crippen LogP contribution is -2.27. The highest BCUT2D eigenvalue weighted by atomic mass is 35.7. The van der Waals surface area contributed by atoms with Gasteiger partial charge in [0.1, 0.15) is 27.2 Å². The van der Waals surface area contributed by atoms with Crippen LogP contribution >= 0.6 is 17.9 Å². The number of rotatable bonds is 21. The van der Waals surface area contributed by atoms with Crippen LogP contribution in [0.3, 0.4) is 0 Å². The molecule has 0 fully saturated rings. The molecule has 0 N–H and O–H groups in total. The van der Waals surface area contributed by atoms with Crippen LogP contribution in [0, 0.1) is 0 Å². The van der Waals surface area contributed by atoms with Crippen molar-refractivity contribution >= 4 is 33.8 Å². The minimum atomic E-state index is -2.17. The third-order valence-electron chi connectivity index (χ3n) is 7.43. The van der Waals surface area contributed by atoms with Crippen molar-refractivity contribution < 1.29 is 9.47 Å². The maximum atomic E-state index is 7.53. The monoisotopic (exact) mass is 593 g/mol. The first kappa shape index (κ1) is 33.5. The van der Waals surface area contributed by atoms with Crippen LogP contribution < -0.4 is 15.9 Å². The average molecular weight is 594 g/mol. The van der Waals surface area contributed by atoms with Crippen LogP contribution in [-0.4, -0.2) is 19.5 Å². The molecular weight excluding hydrogens is 543 g/mol. The third kappa shape index (κ3) is 11.7. The van der Waals surface area contributed by atoms with E-state index in [1.807, 2.05) is 0 Å². The summed E-state index contributed by atoms with van der Waals surface area (Å²) in [6.07, 6.45) is 18.5. The molecule has 222 valence electrons. The summed E-state index contributed by atoms with van der Waals surface area (Å²) < 4.78 is 11.9. The van der Waals surface area contributed by atoms with Crippen molar-refractivity contribution in [3.63, 3.8) is 0 Å². The predicted molar refractivity (Wildman–Crippen MR) is 182 cm³/mol. The highest BCUT2D eigenvalue weighted by Gasteiger charge is 2.44. The van der Waals surface area contributed by atoms with Crippen molar-refractivity contribution in [1.82, 2.24) is 0 Å². The maximum absolute atomic E-state index is 7.53. The lowest BCUT2D eigenvalue weighted by Gasteiger charge is -2.19. The fourth-order valence-corrected chi connectivity index (χ4v) is 8.56. The SMILES string of the molecule is CCCCOC(CCCCC/C=C/CCCc1ccc([P+](Cl)(c2ccccc2)c2ccccc2)cc1)OCCCC. The first-order valence-electron chi connectivity index (χ1n) is 15.9. The molecule has 0 bridgehead atoms. The molecule has 0 aliphatic heterocycles. The zero-order valence-corrected chi connectivity index (χ0v) is 27.0. The highest BCUT2D eigenvalue weighted by Crippen LogP contribution is 2.60. The molecule has 0 aliphatic carbocycles. The molecule has 3 rings (SSSR count). The van der Waals surface area contributed by atoms with E-state index in [1.165, 1.54) is 60.0 Å². The fraction of sp³-hybridized carbons (Fsp3) is 0.459. The number of aryl methyl sites for hydroxylation is 1. The quantitative estimate of drug-likeness (QED) is 0.0529. The van der Waals surface area contributed by atoms with Gasteiger partial charge in [-0.2, -0.15) is 0 Å². The topological polar surface area (TPSA) is 18.5 Å². The number of benzene rings is 3. The fourth-order valence-electron chi connectivity index (χ4n) is 4.92. The lowest BCUT2D eigenvalue weighted by molar-refractivity contribution is -0.147. The summed E-state index contributed by atoms with van der Waals surface area (Å²) >= 11 is 7.53. The van der Waals surface area contributed by atoms with E-state index >= 15 is 0 Å². The molecule has 0 saturated heterocycles. The van der Waals surface area contributed by atoms with Crippen molar-refractivity contribution in [2.75, 3.05) is 13.2 Å². The Kier molecular flexibility index (Phi) is 16.4. The van der Waals surface area contributed by atoms with Crippen LogP contribution in [0.5, 0.6) is 0 Å². The minimum Gasteiger partial charge on any atom is -0.353 e. The van der Waals surface area contributed by atoms with Crippen LogP contribution in [0.1, 0.15) is 90.0 Å². The summed E-state index contributed by atoms with van der Waals surface area (Å²) in [5, 5.41) is 3.61. The molecule has 0 aromatic heterocycles. The first-order chi connectivity index (χ1) is 20.2. The second-order valence-electron chi connectivity index (χ2n) is 10.8. The van der Waals surface area contributed by atoms with Crippen molar-refractivity contribution in [1.29, 1.82) is 0 Å². The van der Waals surface area contributed by atoms with Gasteiger partial charge in [-0.1, -0.05) is 93.8 Å². The standard InChI is InChI=1S/C37H51ClO2P/c1-3-5-31-39-37(40-32-6-4-2)26-20-12-10-8-7-9-11-15-21-33-27-29-36(30-28-33)41(38,34-22-16-13-17-23-34)35-24-18-14-19-25-35/h7,9,13-14,16-19,22-25,27-30,37H,3-6,8,10-12,15,20-21,26,31-32H2,1-2H3/q+1/b9-7+. The van der Waals surface area contributed by atoms with Gasteiger partial charge in [-0.15, -0.1) is 0 Å². The van der Waals surface area contributed by atoms with E-state index in [0.29, 0.717) is 0 Å². The summed E-state index contributed by atoms with van der Waals surface area (Å²) in [5.74, 6) is 0. The van der Waals surface area contributed by atoms with E-state index in [4.69, 9.17) is 20.7 Å². The highest BCUT2D eigenvalue weighted by molar-refractivity contribution is 8.14. The van der Waals surface area contributed by atoms with Gasteiger partial charge in [-0.05, 0) is 99.7 Å². The third-order valence-corrected chi connectivity index (χ3v) is 12.2. The van der Waals surface area contributed by atoms with Crippen molar-refractivity contribution in [2.45, 2.75) is 97.2 Å². The van der Waals surface area contributed by atoms with Gasteiger partial charge in [0.05, 0.1) is 0 Å². The molecule has 0 aliphatic rings. The van der Waals surface area contributed by atoms with Crippen LogP contribution in [0.15, 0.2) is 97.1 Å². The smallest absolute Gasteiger partial charge is 0.210 e. The van der Waals surface area contributed by atoms with Gasteiger partial charge in [0, 0.05) is 13.2 Å². The van der Waals surface area contributed by atoms with E-state index in [1.54, 1.807) is 0 Å². The van der Waals surface area contributed by atoms with Crippen molar-refractivity contribution in [3.8, 4) is 0 Å². The molecule has 0 atom stereocenters. The first-order valence-corrected chi connectivity index (χ1v) is 18.6. The Morgan fingerprint density at radius 3 is 1.66 bits per heavy atom. The minimum absolute atomic E-state index is 0.0166. The van der Waals surface area contributed by atoms with E-state index in [2.05, 4.69) is 111 Å². The normalized spacial score (nSPS) is 12.0. The zero-order chi connectivity index (χ0) is 29.0. The molecule has 3 aromatic carbocycles. The Bertz CT molecular complexity index is 1040. The number of allylic oxidation sites excluding steroid dienone is 2. The lowest BCUT2D eigenvalue weighted by atomic mass is 10.1. The van der Waals surface area contributed by atoms with Crippen LogP contribution in [0.2, 0.25) is 0 Å². The number of halogens is 1. The summed E-state index contributed by atoms with van der Waals surface area (Å²) in [5.41, 5.74) is 1.38. The molecule has 0 saturated carbocycles. The Morgan fingerprint density at radius 2 is 1.12 bits per heavy atom. The largest absolute Gasteiger partial charge is 0.353 e. The van der Waals surface area contributed by atoms with E-state index in [0.717, 1.165) is 51.7 Å². The van der Waals surface area contributed by atoms with Crippen LogP contribution in [0.4, 0.5) is 0 Å². The molecule has 0 unspecified atom stereocenters. The number of unbranched alkanes of at least 4 members (excludes halogenated alkanes) is 6. The molecule has 0 radical (unpaired) electrons. The molecule has 3 aromatic rings. The van der Waals surface area contributed by atoms with Crippen LogP contribution in [0.25, 0.3) is 0 Å². The molecule has 2 nitrogen and oxygen atoms in total. The van der Waals surface area contributed by atoms with Crippen molar-refractivity contribution in [2.24, 2.45) is 0 Å². The number of hydrogen-bond acceptors (Lipinski definition) is 2. The van der Waals surface area contributed by atoms with E-state index in [9.17, 15) is 0 Å². The van der Waals surface area contributed by atoms with Gasteiger partial charge in [0.15, 0.2) is 6.29 Å². The van der Waals surface area contributed by atoms with Gasteiger partial charge in [0.25, 0.3) is 0 Å². The zero-order valence-electron chi connectivity index (χ0n) is 25.4. The number of ether oxygens (including phenoxy) is 2. The van der Waals surface area contributed by atoms with E-state index in [-0.39, 0.29) is 6.29 Å². The second kappa shape index (κ2) is 20.0. The Balaban J connectivity index is 1.37. The number of hydrogen-bond donors (Lipinski definition) is 0. The molecule has 4 heteroatoms. The average Bonchev–Trinajstić information content (AvgIpc) is 3.02. The maximum Gasteiger partial charge on any atom is 0.210 e. The Morgan fingerprint density at radius 1 is 0.610 bits per heavy atom. The summed E-state index contributed by atoms with van der Waals surface area (Å²) in [6, 6.07) is 30.1. The predicted octanol–water partition coefficient (Wildman–Crippen LogP) is 9.92. The molecule has 0 spiro atoms. The Hall–Kier alpha value is -1.96. The summed E-state index contributed by atoms with van der Waals surface area (Å²) in [4.78, 5) is 0. The van der Waals surface area contributed by atoms with Gasteiger partial charge >= 0.3 is 0 Å². The molecule has 0 amide bonds. The van der Waals surface area contributed by atoms with E-state index < -0.39 is 6.62 Å². The molecule has 0 heterocycles. The van der Waals surface area contributed by atoms with Gasteiger partial charge < -0.3 is 9.47 Å².